The van der Waals surface area contributed by atoms with Gasteiger partial charge in [-0.05, 0) is 83.5 Å². The topological polar surface area (TPSA) is 192 Å². The molecule has 0 bridgehead atoms. The van der Waals surface area contributed by atoms with Gasteiger partial charge in [0.15, 0.2) is 0 Å². The van der Waals surface area contributed by atoms with Gasteiger partial charge in [-0.25, -0.2) is 4.57 Å². The molecule has 1 saturated carbocycles. The highest BCUT2D eigenvalue weighted by Crippen LogP contribution is 2.47. The van der Waals surface area contributed by atoms with Gasteiger partial charge in [0, 0.05) is 13.0 Å². The third-order valence-electron chi connectivity index (χ3n) is 11.1. The molecule has 6 N–H and O–H groups in total. The molecule has 0 aromatic carbocycles. The van der Waals surface area contributed by atoms with Crippen LogP contribution in [0.15, 0.2) is 72.9 Å². The first-order chi connectivity index (χ1) is 31.0. The lowest BCUT2D eigenvalue weighted by molar-refractivity contribution is -0.220. The predicted octanol–water partition coefficient (Wildman–Crippen LogP) is 10.8. The van der Waals surface area contributed by atoms with E-state index in [1.807, 2.05) is 0 Å². The number of rotatable bonds is 41. The number of ether oxygens (including phenoxy) is 2. The second-order valence-electron chi connectivity index (χ2n) is 16.9. The van der Waals surface area contributed by atoms with Crippen molar-refractivity contribution in [3.63, 3.8) is 0 Å². The molecule has 0 aliphatic heterocycles. The molecule has 0 radical (unpaired) electrons. The van der Waals surface area contributed by atoms with Crippen LogP contribution in [0.3, 0.4) is 0 Å². The number of phosphoric acid groups is 1. The van der Waals surface area contributed by atoms with Gasteiger partial charge in [0.2, 0.25) is 0 Å². The van der Waals surface area contributed by atoms with E-state index in [0.717, 1.165) is 96.3 Å². The van der Waals surface area contributed by atoms with E-state index in [0.29, 0.717) is 13.0 Å². The van der Waals surface area contributed by atoms with Gasteiger partial charge in [0.25, 0.3) is 0 Å². The highest BCUT2D eigenvalue weighted by molar-refractivity contribution is 7.47. The number of allylic oxidation sites excluding steroid dienone is 12. The molecule has 0 heterocycles. The molecule has 1 aliphatic rings. The first-order valence-corrected chi connectivity index (χ1v) is 26.3. The molecule has 6 atom stereocenters. The Labute approximate surface area is 387 Å². The van der Waals surface area contributed by atoms with Gasteiger partial charge >= 0.3 is 13.8 Å². The average Bonchev–Trinajstić information content (AvgIpc) is 3.28. The number of phosphoric ester groups is 1. The van der Waals surface area contributed by atoms with Crippen LogP contribution in [-0.4, -0.2) is 98.9 Å². The molecule has 64 heavy (non-hydrogen) atoms. The number of hydrogen-bond donors (Lipinski definition) is 6. The Hall–Kier alpha value is -2.22. The first kappa shape index (κ1) is 59.8. The number of carbonyl (C=O) groups excluding carboxylic acids is 1. The van der Waals surface area contributed by atoms with Crippen molar-refractivity contribution >= 4 is 13.8 Å². The lowest BCUT2D eigenvalue weighted by Crippen LogP contribution is -2.64. The van der Waals surface area contributed by atoms with Crippen molar-refractivity contribution in [2.24, 2.45) is 0 Å². The zero-order chi connectivity index (χ0) is 46.9. The predicted molar refractivity (Wildman–Crippen MR) is 258 cm³/mol. The van der Waals surface area contributed by atoms with Crippen LogP contribution in [0.4, 0.5) is 0 Å². The number of aliphatic hydroxyl groups excluding tert-OH is 5. The maximum absolute atomic E-state index is 12.8. The molecule has 0 aromatic rings. The summed E-state index contributed by atoms with van der Waals surface area (Å²) in [6, 6.07) is 0. The summed E-state index contributed by atoms with van der Waals surface area (Å²) in [4.78, 5) is 23.2. The Balaban J connectivity index is 2.36. The molecule has 1 aliphatic carbocycles. The normalized spacial score (nSPS) is 22.3. The standard InChI is InChI=1S/C51H89O12P/c1-3-5-7-9-11-13-15-17-19-20-21-22-23-24-25-26-27-28-30-32-34-36-38-40-45(52)62-44(42-60-41-39-37-35-33-31-29-18-16-14-12-10-8-6-4-2)43-61-64(58,59)63-51-49(56)47(54)46(53)48(55)50(51)57/h6,8,12,14-15,17-18,20-21,23-24,29,44,46-51,53-57H,3-5,7,9-11,13,16,19,22,25-28,30-43H2,1-2H3,(H,58,59)/b8-6-,14-12-,17-15-,21-20-,24-23-,29-18-. The molecule has 12 nitrogen and oxygen atoms in total. The fraction of sp³-hybridized carbons (Fsp3) is 0.745. The second kappa shape index (κ2) is 41.0. The Kier molecular flexibility index (Phi) is 38.3. The van der Waals surface area contributed by atoms with Gasteiger partial charge in [-0.1, -0.05) is 164 Å². The van der Waals surface area contributed by atoms with E-state index in [-0.39, 0.29) is 13.0 Å². The molecule has 1 rings (SSSR count). The summed E-state index contributed by atoms with van der Waals surface area (Å²) < 4.78 is 34.2. The molecule has 0 saturated heterocycles. The van der Waals surface area contributed by atoms with E-state index in [1.165, 1.54) is 57.8 Å². The van der Waals surface area contributed by atoms with E-state index in [2.05, 4.69) is 86.8 Å². The van der Waals surface area contributed by atoms with Crippen LogP contribution >= 0.6 is 7.82 Å². The second-order valence-corrected chi connectivity index (χ2v) is 18.3. The van der Waals surface area contributed by atoms with Crippen molar-refractivity contribution in [3.8, 4) is 0 Å². The number of hydrogen-bond acceptors (Lipinski definition) is 11. The van der Waals surface area contributed by atoms with Gasteiger partial charge in [-0.15, -0.1) is 0 Å². The molecule has 0 amide bonds. The highest BCUT2D eigenvalue weighted by atomic mass is 31.2. The quantitative estimate of drug-likeness (QED) is 0.0147. The number of carbonyl (C=O) groups is 1. The minimum atomic E-state index is -5.03. The van der Waals surface area contributed by atoms with Crippen LogP contribution in [-0.2, 0) is 27.9 Å². The summed E-state index contributed by atoms with van der Waals surface area (Å²) in [7, 11) is -5.03. The van der Waals surface area contributed by atoms with Crippen molar-refractivity contribution in [3.05, 3.63) is 72.9 Å². The van der Waals surface area contributed by atoms with Gasteiger partial charge < -0.3 is 39.9 Å². The Morgan fingerprint density at radius 1 is 0.516 bits per heavy atom. The third-order valence-corrected chi connectivity index (χ3v) is 12.0. The Morgan fingerprint density at radius 3 is 1.41 bits per heavy atom. The van der Waals surface area contributed by atoms with Gasteiger partial charge in [0.05, 0.1) is 13.2 Å². The molecular weight excluding hydrogens is 836 g/mol. The van der Waals surface area contributed by atoms with Crippen LogP contribution in [0, 0.1) is 0 Å². The zero-order valence-corrected chi connectivity index (χ0v) is 40.5. The summed E-state index contributed by atoms with van der Waals surface area (Å²) >= 11 is 0. The van der Waals surface area contributed by atoms with E-state index in [9.17, 15) is 39.8 Å². The first-order valence-electron chi connectivity index (χ1n) is 24.8. The molecule has 1 fully saturated rings. The molecule has 370 valence electrons. The van der Waals surface area contributed by atoms with Gasteiger partial charge in [0.1, 0.15) is 42.7 Å². The summed E-state index contributed by atoms with van der Waals surface area (Å²) in [5.74, 6) is -0.495. The Morgan fingerprint density at radius 2 is 0.922 bits per heavy atom. The Bertz CT molecular complexity index is 1330. The lowest BCUT2D eigenvalue weighted by Gasteiger charge is -2.41. The average molecular weight is 925 g/mol. The summed E-state index contributed by atoms with van der Waals surface area (Å²) in [5, 5.41) is 50.2. The fourth-order valence-corrected chi connectivity index (χ4v) is 8.11. The van der Waals surface area contributed by atoms with Crippen LogP contribution in [0.5, 0.6) is 0 Å². The molecule has 0 aromatic heterocycles. The number of aliphatic hydroxyl groups is 5. The van der Waals surface area contributed by atoms with E-state index in [1.54, 1.807) is 0 Å². The minimum absolute atomic E-state index is 0.0986. The fourth-order valence-electron chi connectivity index (χ4n) is 7.14. The van der Waals surface area contributed by atoms with Crippen LogP contribution in [0.25, 0.3) is 0 Å². The maximum Gasteiger partial charge on any atom is 0.472 e. The van der Waals surface area contributed by atoms with Crippen molar-refractivity contribution in [2.75, 3.05) is 19.8 Å². The van der Waals surface area contributed by atoms with Gasteiger partial charge in [-0.3, -0.25) is 13.8 Å². The maximum atomic E-state index is 12.8. The highest BCUT2D eigenvalue weighted by Gasteiger charge is 2.51. The minimum Gasteiger partial charge on any atom is -0.457 e. The van der Waals surface area contributed by atoms with Crippen molar-refractivity contribution in [1.82, 2.24) is 0 Å². The van der Waals surface area contributed by atoms with Crippen molar-refractivity contribution in [1.29, 1.82) is 0 Å². The zero-order valence-electron chi connectivity index (χ0n) is 39.6. The van der Waals surface area contributed by atoms with Crippen LogP contribution < -0.4 is 0 Å². The monoisotopic (exact) mass is 925 g/mol. The summed E-state index contributed by atoms with van der Waals surface area (Å²) in [6.07, 6.45) is 41.1. The van der Waals surface area contributed by atoms with Crippen LogP contribution in [0.1, 0.15) is 181 Å². The molecule has 13 heteroatoms. The van der Waals surface area contributed by atoms with Crippen molar-refractivity contribution in [2.45, 2.75) is 224 Å². The number of esters is 1. The van der Waals surface area contributed by atoms with Crippen molar-refractivity contribution < 1.29 is 58.3 Å². The smallest absolute Gasteiger partial charge is 0.457 e. The third kappa shape index (κ3) is 32.5. The largest absolute Gasteiger partial charge is 0.472 e. The SMILES string of the molecule is CC/C=C\C/C=C\C/C=C\CCCCCCOCC(COP(=O)(O)OC1C(O)C(O)C(O)C(O)C1O)OC(=O)CCCCCCCCCC/C=C\C/C=C\C/C=C\CCCCCCC. The summed E-state index contributed by atoms with van der Waals surface area (Å²) in [5.41, 5.74) is 0. The van der Waals surface area contributed by atoms with Crippen LogP contribution in [0.2, 0.25) is 0 Å². The van der Waals surface area contributed by atoms with E-state index < -0.39 is 63.1 Å². The van der Waals surface area contributed by atoms with E-state index >= 15 is 0 Å². The molecular formula is C51H89O12P. The van der Waals surface area contributed by atoms with Gasteiger partial charge in [-0.2, -0.15) is 0 Å². The molecule has 6 unspecified atom stereocenters. The van der Waals surface area contributed by atoms with E-state index in [4.69, 9.17) is 18.5 Å². The lowest BCUT2D eigenvalue weighted by atomic mass is 9.85. The number of unbranched alkanes of at least 4 members (excludes halogenated alkanes) is 17. The molecule has 0 spiro atoms. The summed E-state index contributed by atoms with van der Waals surface area (Å²) in [6.45, 7) is 4.07.